The molecule has 0 aliphatic heterocycles. The third-order valence-electron chi connectivity index (χ3n) is 4.60. The number of carbonyl (C=O) groups is 2. The number of ether oxygens (including phenoxy) is 1. The van der Waals surface area contributed by atoms with Crippen molar-refractivity contribution in [3.63, 3.8) is 0 Å². The monoisotopic (exact) mass is 483 g/mol. The van der Waals surface area contributed by atoms with E-state index in [2.05, 4.69) is 15.8 Å². The Hall–Kier alpha value is -3.35. The van der Waals surface area contributed by atoms with Gasteiger partial charge in [-0.05, 0) is 48.9 Å². The van der Waals surface area contributed by atoms with Crippen LogP contribution in [0.25, 0.3) is 0 Å². The lowest BCUT2D eigenvalue weighted by molar-refractivity contribution is -0.124. The number of carbonyl (C=O) groups excluding carboxylic acids is 2. The van der Waals surface area contributed by atoms with E-state index in [-0.39, 0.29) is 24.7 Å². The summed E-state index contributed by atoms with van der Waals surface area (Å²) in [5.74, 6) is -0.00223. The van der Waals surface area contributed by atoms with Gasteiger partial charge in [-0.3, -0.25) is 9.59 Å². The minimum absolute atomic E-state index is 0.0184. The van der Waals surface area contributed by atoms with Gasteiger partial charge in [0.25, 0.3) is 0 Å². The smallest absolute Gasteiger partial charge is 0.240 e. The van der Waals surface area contributed by atoms with Crippen LogP contribution >= 0.6 is 23.2 Å². The highest BCUT2D eigenvalue weighted by atomic mass is 35.5. The van der Waals surface area contributed by atoms with Crippen molar-refractivity contribution in [3.05, 3.63) is 93.5 Å². The van der Waals surface area contributed by atoms with E-state index in [1.54, 1.807) is 18.2 Å². The maximum absolute atomic E-state index is 12.0. The first-order valence-corrected chi connectivity index (χ1v) is 11.0. The Labute approximate surface area is 202 Å². The number of para-hydroxylation sites is 1. The number of nitrogens with zero attached hydrogens (tertiary/aromatic N) is 1. The largest absolute Gasteiger partial charge is 0.488 e. The molecule has 0 unspecified atom stereocenters. The first-order chi connectivity index (χ1) is 15.9. The van der Waals surface area contributed by atoms with Crippen LogP contribution in [0.15, 0.2) is 71.8 Å². The SMILES string of the molecule is Cc1ccc(NC(=O)CCC(=O)NN=Cc2ccccc2OCc2ccc(Cl)c(Cl)c2)cc1. The second-order valence-corrected chi connectivity index (χ2v) is 8.10. The van der Waals surface area contributed by atoms with E-state index in [0.29, 0.717) is 33.7 Å². The maximum atomic E-state index is 12.0. The zero-order valence-corrected chi connectivity index (χ0v) is 19.5. The fraction of sp³-hybridized carbons (Fsp3) is 0.160. The Morgan fingerprint density at radius 1 is 0.939 bits per heavy atom. The average Bonchev–Trinajstić information content (AvgIpc) is 2.81. The summed E-state index contributed by atoms with van der Waals surface area (Å²) < 4.78 is 5.86. The number of amides is 2. The van der Waals surface area contributed by atoms with Gasteiger partial charge in [0.2, 0.25) is 11.8 Å². The fourth-order valence-corrected chi connectivity index (χ4v) is 3.15. The number of hydrogen-bond acceptors (Lipinski definition) is 4. The molecule has 2 amide bonds. The Morgan fingerprint density at radius 2 is 1.67 bits per heavy atom. The van der Waals surface area contributed by atoms with E-state index < -0.39 is 0 Å². The number of anilines is 1. The highest BCUT2D eigenvalue weighted by Gasteiger charge is 2.07. The molecule has 3 rings (SSSR count). The second-order valence-electron chi connectivity index (χ2n) is 7.28. The summed E-state index contributed by atoms with van der Waals surface area (Å²) in [7, 11) is 0. The van der Waals surface area contributed by atoms with Crippen molar-refractivity contribution in [2.45, 2.75) is 26.4 Å². The summed E-state index contributed by atoms with van der Waals surface area (Å²) in [5, 5.41) is 7.68. The molecular formula is C25H23Cl2N3O3. The summed E-state index contributed by atoms with van der Waals surface area (Å²) >= 11 is 12.0. The van der Waals surface area contributed by atoms with Crippen molar-refractivity contribution in [2.75, 3.05) is 5.32 Å². The number of halogens is 2. The molecule has 3 aromatic rings. The zero-order valence-electron chi connectivity index (χ0n) is 18.0. The number of nitrogens with one attached hydrogen (secondary N) is 2. The van der Waals surface area contributed by atoms with Gasteiger partial charge >= 0.3 is 0 Å². The van der Waals surface area contributed by atoms with Crippen LogP contribution in [-0.2, 0) is 16.2 Å². The van der Waals surface area contributed by atoms with Crippen molar-refractivity contribution in [3.8, 4) is 5.75 Å². The van der Waals surface area contributed by atoms with Gasteiger partial charge in [0, 0.05) is 24.1 Å². The van der Waals surface area contributed by atoms with E-state index in [0.717, 1.165) is 11.1 Å². The molecule has 3 aromatic carbocycles. The highest BCUT2D eigenvalue weighted by molar-refractivity contribution is 6.42. The molecule has 0 saturated carbocycles. The molecule has 6 nitrogen and oxygen atoms in total. The molecule has 0 heterocycles. The van der Waals surface area contributed by atoms with E-state index in [1.807, 2.05) is 55.5 Å². The molecule has 0 aromatic heterocycles. The summed E-state index contributed by atoms with van der Waals surface area (Å²) in [6.07, 6.45) is 1.57. The first-order valence-electron chi connectivity index (χ1n) is 10.2. The summed E-state index contributed by atoms with van der Waals surface area (Å²) in [5.41, 5.74) is 5.79. The third kappa shape index (κ3) is 7.93. The van der Waals surface area contributed by atoms with Gasteiger partial charge in [-0.15, -0.1) is 0 Å². The Morgan fingerprint density at radius 3 is 2.42 bits per heavy atom. The van der Waals surface area contributed by atoms with Gasteiger partial charge in [0.15, 0.2) is 0 Å². The maximum Gasteiger partial charge on any atom is 0.240 e. The van der Waals surface area contributed by atoms with Gasteiger partial charge in [0.05, 0.1) is 16.3 Å². The normalized spacial score (nSPS) is 10.8. The molecule has 33 heavy (non-hydrogen) atoms. The minimum atomic E-state index is -0.362. The van der Waals surface area contributed by atoms with Crippen molar-refractivity contribution in [2.24, 2.45) is 5.10 Å². The topological polar surface area (TPSA) is 79.8 Å². The van der Waals surface area contributed by atoms with Crippen LogP contribution in [0, 0.1) is 6.92 Å². The van der Waals surface area contributed by atoms with Crippen LogP contribution in [0.1, 0.15) is 29.5 Å². The molecule has 8 heteroatoms. The van der Waals surface area contributed by atoms with Crippen LogP contribution in [0.4, 0.5) is 5.69 Å². The first kappa shape index (κ1) is 24.3. The summed E-state index contributed by atoms with van der Waals surface area (Å²) in [4.78, 5) is 24.0. The Kier molecular flexibility index (Phi) is 8.87. The molecule has 0 saturated heterocycles. The summed E-state index contributed by atoms with van der Waals surface area (Å²) in [6, 6.07) is 20.0. The highest BCUT2D eigenvalue weighted by Crippen LogP contribution is 2.24. The lowest BCUT2D eigenvalue weighted by atomic mass is 10.2. The Balaban J connectivity index is 1.47. The Bertz CT molecular complexity index is 1150. The molecule has 0 aliphatic carbocycles. The molecule has 0 bridgehead atoms. The van der Waals surface area contributed by atoms with Crippen molar-refractivity contribution < 1.29 is 14.3 Å². The molecule has 0 atom stereocenters. The predicted molar refractivity (Wildman–Crippen MR) is 132 cm³/mol. The van der Waals surface area contributed by atoms with E-state index >= 15 is 0 Å². The predicted octanol–water partition coefficient (Wildman–Crippen LogP) is 5.75. The molecule has 0 spiro atoms. The standard InChI is InChI=1S/C25H23Cl2N3O3/c1-17-6-9-20(10-7-17)29-24(31)12-13-25(32)30-28-15-19-4-2-3-5-23(19)33-16-18-8-11-21(26)22(27)14-18/h2-11,14-15H,12-13,16H2,1H3,(H,29,31)(H,30,32). The number of rotatable bonds is 9. The molecule has 0 fully saturated rings. The van der Waals surface area contributed by atoms with Crippen LogP contribution in [-0.4, -0.2) is 18.0 Å². The minimum Gasteiger partial charge on any atom is -0.488 e. The molecule has 0 radical (unpaired) electrons. The lowest BCUT2D eigenvalue weighted by Crippen LogP contribution is -2.20. The van der Waals surface area contributed by atoms with Crippen LogP contribution < -0.4 is 15.5 Å². The number of hydrogen-bond donors (Lipinski definition) is 2. The van der Waals surface area contributed by atoms with Gasteiger partial charge in [-0.25, -0.2) is 5.43 Å². The molecule has 2 N–H and O–H groups in total. The van der Waals surface area contributed by atoms with E-state index in [4.69, 9.17) is 27.9 Å². The van der Waals surface area contributed by atoms with Crippen molar-refractivity contribution in [1.29, 1.82) is 0 Å². The lowest BCUT2D eigenvalue weighted by Gasteiger charge is -2.09. The van der Waals surface area contributed by atoms with Crippen LogP contribution in [0.5, 0.6) is 5.75 Å². The van der Waals surface area contributed by atoms with Crippen molar-refractivity contribution in [1.82, 2.24) is 5.43 Å². The zero-order chi connectivity index (χ0) is 23.6. The third-order valence-corrected chi connectivity index (χ3v) is 5.34. The number of hydrazone groups is 1. The van der Waals surface area contributed by atoms with Crippen molar-refractivity contribution >= 4 is 46.9 Å². The van der Waals surface area contributed by atoms with Gasteiger partial charge in [-0.2, -0.15) is 5.10 Å². The van der Waals surface area contributed by atoms with E-state index in [9.17, 15) is 9.59 Å². The molecular weight excluding hydrogens is 461 g/mol. The van der Waals surface area contributed by atoms with Crippen LogP contribution in [0.2, 0.25) is 10.0 Å². The van der Waals surface area contributed by atoms with Gasteiger partial charge < -0.3 is 10.1 Å². The van der Waals surface area contributed by atoms with E-state index in [1.165, 1.54) is 6.21 Å². The van der Waals surface area contributed by atoms with Gasteiger partial charge in [-0.1, -0.05) is 59.1 Å². The van der Waals surface area contributed by atoms with Gasteiger partial charge in [0.1, 0.15) is 12.4 Å². The number of aryl methyl sites for hydroxylation is 1. The molecule has 170 valence electrons. The quantitative estimate of drug-likeness (QED) is 0.300. The van der Waals surface area contributed by atoms with Crippen LogP contribution in [0.3, 0.4) is 0 Å². The second kappa shape index (κ2) is 12.0. The summed E-state index contributed by atoms with van der Waals surface area (Å²) in [6.45, 7) is 2.26. The molecule has 0 aliphatic rings. The average molecular weight is 484 g/mol. The fourth-order valence-electron chi connectivity index (χ4n) is 2.83. The number of benzene rings is 3.